The van der Waals surface area contributed by atoms with E-state index in [0.29, 0.717) is 0 Å². The van der Waals surface area contributed by atoms with Crippen molar-refractivity contribution in [2.24, 2.45) is 0 Å². The Morgan fingerprint density at radius 1 is 0.560 bits per heavy atom. The number of halogens is 6. The van der Waals surface area contributed by atoms with Crippen molar-refractivity contribution in [2.75, 3.05) is 0 Å². The van der Waals surface area contributed by atoms with E-state index in [1.54, 1.807) is 0 Å². The zero-order valence-electron chi connectivity index (χ0n) is 12.4. The van der Waals surface area contributed by atoms with Gasteiger partial charge in [-0.25, -0.2) is 0 Å². The standard InChI is InChI=1S/C16H10F6O2Si/c17-13(18)15(21)23-25(24-16(22)14(19)20,11-7-3-1-4-8-11)12-9-5-2-6-10-12/h1-10H. The highest BCUT2D eigenvalue weighted by Gasteiger charge is 2.50. The van der Waals surface area contributed by atoms with E-state index in [1.165, 1.54) is 60.7 Å². The van der Waals surface area contributed by atoms with Crippen LogP contribution in [0.2, 0.25) is 0 Å². The van der Waals surface area contributed by atoms with Gasteiger partial charge in [0.15, 0.2) is 0 Å². The van der Waals surface area contributed by atoms with E-state index in [1.807, 2.05) is 0 Å². The molecule has 9 heteroatoms. The van der Waals surface area contributed by atoms with Gasteiger partial charge < -0.3 is 8.85 Å². The van der Waals surface area contributed by atoms with Crippen LogP contribution < -0.4 is 10.4 Å². The average molecular weight is 376 g/mol. The second-order valence-electron chi connectivity index (χ2n) is 4.62. The van der Waals surface area contributed by atoms with Crippen LogP contribution in [0.5, 0.6) is 0 Å². The first kappa shape index (κ1) is 18.7. The van der Waals surface area contributed by atoms with Crippen molar-refractivity contribution in [1.82, 2.24) is 0 Å². The predicted octanol–water partition coefficient (Wildman–Crippen LogP) is 4.35. The minimum atomic E-state index is -4.63. The molecule has 2 aromatic rings. The zero-order chi connectivity index (χ0) is 18.4. The number of rotatable bonds is 6. The SMILES string of the molecule is FC(F)=C(F)O[Si](OC(F)=C(F)F)(c1ccccc1)c1ccccc1. The van der Waals surface area contributed by atoms with Crippen molar-refractivity contribution >= 4 is 18.9 Å². The van der Waals surface area contributed by atoms with Gasteiger partial charge >= 0.3 is 32.7 Å². The van der Waals surface area contributed by atoms with Gasteiger partial charge in [-0.3, -0.25) is 0 Å². The quantitative estimate of drug-likeness (QED) is 0.424. The summed E-state index contributed by atoms with van der Waals surface area (Å²) in [6.07, 6.45) is -5.64. The molecule has 2 rings (SSSR count). The first-order valence-electron chi connectivity index (χ1n) is 6.77. The molecule has 0 aliphatic carbocycles. The van der Waals surface area contributed by atoms with Gasteiger partial charge in [-0.2, -0.15) is 26.3 Å². The van der Waals surface area contributed by atoms with Gasteiger partial charge in [0.1, 0.15) is 0 Å². The molecule has 0 radical (unpaired) electrons. The van der Waals surface area contributed by atoms with Gasteiger partial charge in [-0.15, -0.1) is 0 Å². The van der Waals surface area contributed by atoms with E-state index in [9.17, 15) is 26.3 Å². The Labute approximate surface area is 139 Å². The molecule has 0 saturated carbocycles. The lowest BCUT2D eigenvalue weighted by atomic mass is 10.4. The molecule has 0 aromatic heterocycles. The Hall–Kier alpha value is -2.68. The summed E-state index contributed by atoms with van der Waals surface area (Å²) in [6.45, 7) is 0. The van der Waals surface area contributed by atoms with Crippen LogP contribution in [0.15, 0.2) is 84.9 Å². The summed E-state index contributed by atoms with van der Waals surface area (Å²) in [5, 5.41) is -0.0944. The van der Waals surface area contributed by atoms with E-state index in [0.717, 1.165) is 0 Å². The molecule has 2 nitrogen and oxygen atoms in total. The molecule has 0 amide bonds. The summed E-state index contributed by atoms with van der Waals surface area (Å²) in [6, 6.07) is 9.26. The third-order valence-corrected chi connectivity index (χ3v) is 6.19. The van der Waals surface area contributed by atoms with E-state index in [4.69, 9.17) is 0 Å². The first-order chi connectivity index (χ1) is 11.9. The first-order valence-corrected chi connectivity index (χ1v) is 8.59. The summed E-state index contributed by atoms with van der Waals surface area (Å²) in [5.41, 5.74) is 0. The van der Waals surface area contributed by atoms with Gasteiger partial charge in [0.25, 0.3) is 0 Å². The number of benzene rings is 2. The lowest BCUT2D eigenvalue weighted by Gasteiger charge is -2.29. The van der Waals surface area contributed by atoms with Crippen LogP contribution in [0.1, 0.15) is 0 Å². The van der Waals surface area contributed by atoms with Crippen LogP contribution in [0.25, 0.3) is 0 Å². The normalized spacial score (nSPS) is 10.8. The minimum Gasteiger partial charge on any atom is -0.480 e. The number of hydrogen-bond donors (Lipinski definition) is 0. The van der Waals surface area contributed by atoms with Crippen molar-refractivity contribution in [1.29, 1.82) is 0 Å². The van der Waals surface area contributed by atoms with Crippen molar-refractivity contribution in [2.45, 2.75) is 0 Å². The van der Waals surface area contributed by atoms with Crippen LogP contribution in [0.4, 0.5) is 26.3 Å². The second kappa shape index (κ2) is 7.93. The summed E-state index contributed by atoms with van der Waals surface area (Å²) < 4.78 is 86.8. The lowest BCUT2D eigenvalue weighted by molar-refractivity contribution is 0.160. The van der Waals surface area contributed by atoms with Crippen molar-refractivity contribution in [3.63, 3.8) is 0 Å². The fourth-order valence-corrected chi connectivity index (χ4v) is 4.84. The number of hydrogen-bond acceptors (Lipinski definition) is 2. The average Bonchev–Trinajstić information content (AvgIpc) is 2.62. The molecule has 0 heterocycles. The monoisotopic (exact) mass is 376 g/mol. The molecule has 0 atom stereocenters. The third-order valence-electron chi connectivity index (χ3n) is 3.07. The summed E-state index contributed by atoms with van der Waals surface area (Å²) in [5.74, 6) is 0. The summed E-state index contributed by atoms with van der Waals surface area (Å²) in [4.78, 5) is 0. The smallest absolute Gasteiger partial charge is 0.480 e. The Kier molecular flexibility index (Phi) is 5.91. The molecule has 0 N–H and O–H groups in total. The van der Waals surface area contributed by atoms with Crippen LogP contribution in [-0.4, -0.2) is 8.56 Å². The lowest BCUT2D eigenvalue weighted by Crippen LogP contribution is -2.62. The van der Waals surface area contributed by atoms with Crippen LogP contribution in [0.3, 0.4) is 0 Å². The van der Waals surface area contributed by atoms with Gasteiger partial charge in [0.2, 0.25) is 0 Å². The van der Waals surface area contributed by atoms with Gasteiger partial charge in [0.05, 0.1) is 0 Å². The molecule has 0 bridgehead atoms. The zero-order valence-corrected chi connectivity index (χ0v) is 13.4. The molecule has 0 saturated heterocycles. The molecule has 0 spiro atoms. The predicted molar refractivity (Wildman–Crippen MR) is 80.8 cm³/mol. The van der Waals surface area contributed by atoms with Crippen LogP contribution >= 0.6 is 0 Å². The van der Waals surface area contributed by atoms with Gasteiger partial charge in [-0.05, 0) is 0 Å². The van der Waals surface area contributed by atoms with Crippen LogP contribution in [0, 0.1) is 0 Å². The molecule has 0 fully saturated rings. The maximum absolute atomic E-state index is 13.6. The molecular formula is C16H10F6O2Si. The highest BCUT2D eigenvalue weighted by molar-refractivity contribution is 6.92. The molecular weight excluding hydrogens is 366 g/mol. The fourth-order valence-electron chi connectivity index (χ4n) is 2.07. The molecule has 0 unspecified atom stereocenters. The van der Waals surface area contributed by atoms with Crippen LogP contribution in [-0.2, 0) is 8.85 Å². The van der Waals surface area contributed by atoms with Crippen molar-refractivity contribution < 1.29 is 35.2 Å². The maximum atomic E-state index is 13.6. The molecule has 132 valence electrons. The molecule has 25 heavy (non-hydrogen) atoms. The largest absolute Gasteiger partial charge is 0.534 e. The Balaban J connectivity index is 2.73. The Morgan fingerprint density at radius 3 is 1.16 bits per heavy atom. The third kappa shape index (κ3) is 4.24. The highest BCUT2D eigenvalue weighted by Crippen LogP contribution is 2.24. The highest BCUT2D eigenvalue weighted by atomic mass is 28.4. The second-order valence-corrected chi connectivity index (χ2v) is 7.42. The fraction of sp³-hybridized carbons (Fsp3) is 0. The Morgan fingerprint density at radius 2 is 0.880 bits per heavy atom. The van der Waals surface area contributed by atoms with Crippen molar-refractivity contribution in [3.8, 4) is 0 Å². The summed E-state index contributed by atoms with van der Waals surface area (Å²) in [7, 11) is -4.63. The minimum absolute atomic E-state index is 0.0472. The topological polar surface area (TPSA) is 18.5 Å². The summed E-state index contributed by atoms with van der Waals surface area (Å²) >= 11 is 0. The van der Waals surface area contributed by atoms with E-state index in [-0.39, 0.29) is 10.4 Å². The van der Waals surface area contributed by atoms with E-state index < -0.39 is 32.7 Å². The maximum Gasteiger partial charge on any atom is 0.534 e. The van der Waals surface area contributed by atoms with Crippen molar-refractivity contribution in [3.05, 3.63) is 84.9 Å². The van der Waals surface area contributed by atoms with Gasteiger partial charge in [0, 0.05) is 10.4 Å². The van der Waals surface area contributed by atoms with Gasteiger partial charge in [-0.1, -0.05) is 60.7 Å². The molecule has 0 aliphatic rings. The molecule has 0 aliphatic heterocycles. The Bertz CT molecular complexity index is 704. The van der Waals surface area contributed by atoms with E-state index in [2.05, 4.69) is 8.85 Å². The van der Waals surface area contributed by atoms with E-state index >= 15 is 0 Å². The molecule has 2 aromatic carbocycles.